The van der Waals surface area contributed by atoms with E-state index >= 15 is 0 Å². The van der Waals surface area contributed by atoms with Gasteiger partial charge in [-0.15, -0.1) is 0 Å². The minimum absolute atomic E-state index is 0.216. The van der Waals surface area contributed by atoms with E-state index in [0.717, 1.165) is 10.9 Å². The van der Waals surface area contributed by atoms with Crippen molar-refractivity contribution in [2.45, 2.75) is 6.04 Å². The zero-order valence-electron chi connectivity index (χ0n) is 13.9. The SMILES string of the molecule is CN(C)C(=O)[C@@H](NC(=O)c1[nH]c2ccccc2c1Cl)c1ccccc1. The number of fused-ring (bicyclic) bond motifs is 1. The summed E-state index contributed by atoms with van der Waals surface area (Å²) in [6.45, 7) is 0. The average Bonchev–Trinajstić information content (AvgIpc) is 2.97. The predicted octanol–water partition coefficient (Wildman–Crippen LogP) is 3.38. The van der Waals surface area contributed by atoms with Gasteiger partial charge in [0.25, 0.3) is 5.91 Å². The van der Waals surface area contributed by atoms with Gasteiger partial charge in [0.2, 0.25) is 5.91 Å². The number of para-hydroxylation sites is 1. The third-order valence-electron chi connectivity index (χ3n) is 3.97. The van der Waals surface area contributed by atoms with Crippen LogP contribution in [-0.2, 0) is 4.79 Å². The smallest absolute Gasteiger partial charge is 0.270 e. The summed E-state index contributed by atoms with van der Waals surface area (Å²) >= 11 is 6.34. The second-order valence-electron chi connectivity index (χ2n) is 5.91. The monoisotopic (exact) mass is 355 g/mol. The summed E-state index contributed by atoms with van der Waals surface area (Å²) in [7, 11) is 3.31. The van der Waals surface area contributed by atoms with E-state index < -0.39 is 11.9 Å². The van der Waals surface area contributed by atoms with Crippen molar-refractivity contribution in [2.24, 2.45) is 0 Å². The molecule has 0 radical (unpaired) electrons. The minimum Gasteiger partial charge on any atom is -0.349 e. The number of carbonyl (C=O) groups excluding carboxylic acids is 2. The lowest BCUT2D eigenvalue weighted by atomic mass is 10.1. The molecule has 0 aliphatic rings. The molecule has 2 N–H and O–H groups in total. The summed E-state index contributed by atoms with van der Waals surface area (Å²) in [6, 6.07) is 15.7. The number of hydrogen-bond acceptors (Lipinski definition) is 2. The van der Waals surface area contributed by atoms with E-state index in [0.29, 0.717) is 10.6 Å². The van der Waals surface area contributed by atoms with Gasteiger partial charge in [0.1, 0.15) is 11.7 Å². The molecule has 3 aromatic rings. The second-order valence-corrected chi connectivity index (χ2v) is 6.29. The molecule has 1 atom stereocenters. The largest absolute Gasteiger partial charge is 0.349 e. The Bertz CT molecular complexity index is 919. The summed E-state index contributed by atoms with van der Waals surface area (Å²) in [6.07, 6.45) is 0. The Labute approximate surface area is 150 Å². The van der Waals surface area contributed by atoms with Crippen LogP contribution in [-0.4, -0.2) is 35.8 Å². The number of hydrogen-bond donors (Lipinski definition) is 2. The standard InChI is InChI=1S/C19H18ClN3O2/c1-23(2)19(25)16(12-8-4-3-5-9-12)22-18(24)17-15(20)13-10-6-7-11-14(13)21-17/h3-11,16,21H,1-2H3,(H,22,24)/t16-/m0/s1. The van der Waals surface area contributed by atoms with Gasteiger partial charge in [-0.1, -0.05) is 60.1 Å². The Kier molecular flexibility index (Phi) is 4.76. The molecule has 128 valence electrons. The van der Waals surface area contributed by atoms with E-state index in [9.17, 15) is 9.59 Å². The van der Waals surface area contributed by atoms with Gasteiger partial charge in [0.15, 0.2) is 0 Å². The fraction of sp³-hybridized carbons (Fsp3) is 0.158. The number of likely N-dealkylation sites (N-methyl/N-ethyl adjacent to an activating group) is 1. The molecule has 2 aromatic carbocycles. The highest BCUT2D eigenvalue weighted by Crippen LogP contribution is 2.27. The molecule has 1 heterocycles. The van der Waals surface area contributed by atoms with Crippen molar-refractivity contribution in [3.05, 3.63) is 70.9 Å². The maximum Gasteiger partial charge on any atom is 0.270 e. The van der Waals surface area contributed by atoms with Gasteiger partial charge in [0, 0.05) is 25.0 Å². The van der Waals surface area contributed by atoms with Gasteiger partial charge < -0.3 is 15.2 Å². The highest BCUT2D eigenvalue weighted by atomic mass is 35.5. The van der Waals surface area contributed by atoms with Crippen molar-refractivity contribution in [1.82, 2.24) is 15.2 Å². The summed E-state index contributed by atoms with van der Waals surface area (Å²) < 4.78 is 0. The summed E-state index contributed by atoms with van der Waals surface area (Å²) in [5.41, 5.74) is 1.73. The molecule has 0 fully saturated rings. The molecule has 1 aromatic heterocycles. The lowest BCUT2D eigenvalue weighted by molar-refractivity contribution is -0.130. The topological polar surface area (TPSA) is 65.2 Å². The first kappa shape index (κ1) is 17.0. The van der Waals surface area contributed by atoms with Crippen molar-refractivity contribution in [2.75, 3.05) is 14.1 Å². The molecular weight excluding hydrogens is 338 g/mol. The molecule has 0 saturated heterocycles. The van der Waals surface area contributed by atoms with Crippen LogP contribution >= 0.6 is 11.6 Å². The third-order valence-corrected chi connectivity index (χ3v) is 4.36. The van der Waals surface area contributed by atoms with Crippen LogP contribution in [0.15, 0.2) is 54.6 Å². The van der Waals surface area contributed by atoms with Crippen molar-refractivity contribution >= 4 is 34.3 Å². The van der Waals surface area contributed by atoms with Gasteiger partial charge in [-0.2, -0.15) is 0 Å². The quantitative estimate of drug-likeness (QED) is 0.753. The molecule has 0 aliphatic heterocycles. The molecule has 0 unspecified atom stereocenters. The number of nitrogens with one attached hydrogen (secondary N) is 2. The Balaban J connectivity index is 1.94. The first-order chi connectivity index (χ1) is 12.0. The maximum absolute atomic E-state index is 12.7. The van der Waals surface area contributed by atoms with Crippen LogP contribution in [0.5, 0.6) is 0 Å². The predicted molar refractivity (Wildman–Crippen MR) is 98.7 cm³/mol. The van der Waals surface area contributed by atoms with E-state index in [1.54, 1.807) is 26.2 Å². The van der Waals surface area contributed by atoms with E-state index in [4.69, 9.17) is 11.6 Å². The second kappa shape index (κ2) is 6.99. The molecule has 0 saturated carbocycles. The lowest BCUT2D eigenvalue weighted by Gasteiger charge is -2.22. The number of benzene rings is 2. The number of carbonyl (C=O) groups is 2. The normalized spacial score (nSPS) is 12.0. The molecule has 2 amide bonds. The molecule has 3 rings (SSSR count). The van der Waals surface area contributed by atoms with Crippen LogP contribution in [0.1, 0.15) is 22.1 Å². The molecule has 25 heavy (non-hydrogen) atoms. The Morgan fingerprint density at radius 3 is 2.32 bits per heavy atom. The van der Waals surface area contributed by atoms with Gasteiger partial charge in [-0.3, -0.25) is 9.59 Å². The van der Waals surface area contributed by atoms with Crippen molar-refractivity contribution in [3.8, 4) is 0 Å². The van der Waals surface area contributed by atoms with Crippen LogP contribution in [0.25, 0.3) is 10.9 Å². The Morgan fingerprint density at radius 2 is 1.68 bits per heavy atom. The number of nitrogens with zero attached hydrogens (tertiary/aromatic N) is 1. The molecular formula is C19H18ClN3O2. The van der Waals surface area contributed by atoms with Gasteiger partial charge in [-0.05, 0) is 11.6 Å². The van der Waals surface area contributed by atoms with Crippen molar-refractivity contribution < 1.29 is 9.59 Å². The highest BCUT2D eigenvalue weighted by molar-refractivity contribution is 6.38. The minimum atomic E-state index is -0.786. The highest BCUT2D eigenvalue weighted by Gasteiger charge is 2.26. The number of rotatable bonds is 4. The molecule has 5 nitrogen and oxygen atoms in total. The molecule has 6 heteroatoms. The average molecular weight is 356 g/mol. The Hall–Kier alpha value is -2.79. The zero-order chi connectivity index (χ0) is 18.0. The molecule has 0 aliphatic carbocycles. The number of aromatic nitrogens is 1. The van der Waals surface area contributed by atoms with Gasteiger partial charge in [-0.25, -0.2) is 0 Å². The zero-order valence-corrected chi connectivity index (χ0v) is 14.7. The van der Waals surface area contributed by atoms with Crippen molar-refractivity contribution in [3.63, 3.8) is 0 Å². The van der Waals surface area contributed by atoms with E-state index in [1.807, 2.05) is 42.5 Å². The van der Waals surface area contributed by atoms with E-state index in [-0.39, 0.29) is 11.6 Å². The van der Waals surface area contributed by atoms with Gasteiger partial charge in [0.05, 0.1) is 5.02 Å². The number of amides is 2. The first-order valence-corrected chi connectivity index (χ1v) is 8.20. The Morgan fingerprint density at radius 1 is 1.04 bits per heavy atom. The van der Waals surface area contributed by atoms with Gasteiger partial charge >= 0.3 is 0 Å². The van der Waals surface area contributed by atoms with Crippen LogP contribution in [0.4, 0.5) is 0 Å². The van der Waals surface area contributed by atoms with Crippen molar-refractivity contribution in [1.29, 1.82) is 0 Å². The van der Waals surface area contributed by atoms with Crippen LogP contribution in [0, 0.1) is 0 Å². The van der Waals surface area contributed by atoms with Crippen LogP contribution in [0.2, 0.25) is 5.02 Å². The maximum atomic E-state index is 12.7. The fourth-order valence-corrected chi connectivity index (χ4v) is 2.96. The third kappa shape index (κ3) is 3.37. The number of H-pyrrole nitrogens is 1. The fourth-order valence-electron chi connectivity index (χ4n) is 2.66. The van der Waals surface area contributed by atoms with E-state index in [2.05, 4.69) is 10.3 Å². The van der Waals surface area contributed by atoms with Crippen LogP contribution in [0.3, 0.4) is 0 Å². The number of halogens is 1. The van der Waals surface area contributed by atoms with E-state index in [1.165, 1.54) is 4.90 Å². The summed E-state index contributed by atoms with van der Waals surface area (Å²) in [4.78, 5) is 29.8. The summed E-state index contributed by atoms with van der Waals surface area (Å²) in [5.74, 6) is -0.642. The van der Waals surface area contributed by atoms with Crippen LogP contribution < -0.4 is 5.32 Å². The first-order valence-electron chi connectivity index (χ1n) is 7.82. The molecule has 0 bridgehead atoms. The molecule has 0 spiro atoms. The number of aromatic amines is 1. The lowest BCUT2D eigenvalue weighted by Crippen LogP contribution is -2.40. The summed E-state index contributed by atoms with van der Waals surface area (Å²) in [5, 5.41) is 3.90.